The van der Waals surface area contributed by atoms with Crippen molar-refractivity contribution in [3.63, 3.8) is 0 Å². The molecule has 4 aromatic rings. The molecule has 1 aromatic heterocycles. The molecule has 5 rings (SSSR count). The molecule has 2 heterocycles. The van der Waals surface area contributed by atoms with Gasteiger partial charge in [0.15, 0.2) is 0 Å². The molecule has 1 atom stereocenters. The molecule has 9 heteroatoms. The second-order valence-electron chi connectivity index (χ2n) is 10.4. The molecule has 1 unspecified atom stereocenters. The summed E-state index contributed by atoms with van der Waals surface area (Å²) in [6.07, 6.45) is 1.43. The van der Waals surface area contributed by atoms with Crippen molar-refractivity contribution in [1.82, 2.24) is 14.8 Å². The van der Waals surface area contributed by atoms with E-state index in [1.54, 1.807) is 12.1 Å². The van der Waals surface area contributed by atoms with E-state index in [1.807, 2.05) is 24.3 Å². The van der Waals surface area contributed by atoms with E-state index >= 15 is 0 Å². The Morgan fingerprint density at radius 3 is 2.41 bits per heavy atom. The Balaban J connectivity index is 1.28. The number of alkyl halides is 3. The Kier molecular flexibility index (Phi) is 9.42. The molecule has 0 aliphatic carbocycles. The summed E-state index contributed by atoms with van der Waals surface area (Å²) in [4.78, 5) is 2.35. The largest absolute Gasteiger partial charge is 0.573 e. The van der Waals surface area contributed by atoms with Crippen molar-refractivity contribution < 1.29 is 22.6 Å². The third-order valence-corrected chi connectivity index (χ3v) is 7.75. The van der Waals surface area contributed by atoms with E-state index in [0.29, 0.717) is 17.7 Å². The summed E-state index contributed by atoms with van der Waals surface area (Å²) in [5, 5.41) is 5.54. The van der Waals surface area contributed by atoms with E-state index in [2.05, 4.69) is 50.8 Å². The number of nitrogens with zero attached hydrogens (tertiary/aromatic N) is 2. The van der Waals surface area contributed by atoms with Crippen molar-refractivity contribution in [3.05, 3.63) is 83.5 Å². The van der Waals surface area contributed by atoms with Gasteiger partial charge in [-0.1, -0.05) is 49.2 Å². The van der Waals surface area contributed by atoms with Gasteiger partial charge in [0.1, 0.15) is 18.1 Å². The molecule has 1 aliphatic rings. The number of hydrogen-bond acceptors (Lipinski definition) is 4. The zero-order chi connectivity index (χ0) is 28.8. The number of nitrogens with one attached hydrogen (secondary N) is 1. The molecule has 0 bridgehead atoms. The molecule has 0 saturated carbocycles. The third kappa shape index (κ3) is 7.76. The summed E-state index contributed by atoms with van der Waals surface area (Å²) in [5.41, 5.74) is 4.29. The summed E-state index contributed by atoms with van der Waals surface area (Å²) in [6.45, 7) is 6.25. The second-order valence-corrected chi connectivity index (χ2v) is 10.9. The Morgan fingerprint density at radius 1 is 0.976 bits per heavy atom. The number of halogens is 4. The molecule has 218 valence electrons. The molecule has 41 heavy (non-hydrogen) atoms. The first kappa shape index (κ1) is 29.3. The molecule has 5 nitrogen and oxygen atoms in total. The van der Waals surface area contributed by atoms with Gasteiger partial charge in [-0.25, -0.2) is 0 Å². The van der Waals surface area contributed by atoms with Gasteiger partial charge in [0.05, 0.1) is 0 Å². The Morgan fingerprint density at radius 2 is 1.73 bits per heavy atom. The fourth-order valence-corrected chi connectivity index (χ4v) is 5.52. The van der Waals surface area contributed by atoms with Gasteiger partial charge >= 0.3 is 6.36 Å². The number of rotatable bonds is 11. The first-order valence-electron chi connectivity index (χ1n) is 14.1. The van der Waals surface area contributed by atoms with Crippen LogP contribution in [-0.4, -0.2) is 48.2 Å². The molecule has 1 aliphatic heterocycles. The van der Waals surface area contributed by atoms with Crippen LogP contribution in [0.2, 0.25) is 5.02 Å². The molecule has 1 saturated heterocycles. The van der Waals surface area contributed by atoms with Crippen LogP contribution in [0.4, 0.5) is 13.2 Å². The number of aryl methyl sites for hydroxylation is 1. The average molecular weight is 586 g/mol. The van der Waals surface area contributed by atoms with Crippen molar-refractivity contribution in [2.75, 3.05) is 26.4 Å². The number of fused-ring (bicyclic) bond motifs is 1. The molecule has 0 spiro atoms. The molecule has 1 N–H and O–H groups in total. The quantitative estimate of drug-likeness (QED) is 0.194. The maximum atomic E-state index is 12.7. The minimum atomic E-state index is -4.71. The second kappa shape index (κ2) is 13.2. The van der Waals surface area contributed by atoms with Gasteiger partial charge < -0.3 is 19.4 Å². The summed E-state index contributed by atoms with van der Waals surface area (Å²) in [6, 6.07) is 20.3. The summed E-state index contributed by atoms with van der Waals surface area (Å²) in [5.74, 6) is 0.597. The highest BCUT2D eigenvalue weighted by molar-refractivity contribution is 6.30. The average Bonchev–Trinajstić information content (AvgIpc) is 3.33. The van der Waals surface area contributed by atoms with Gasteiger partial charge in [-0.3, -0.25) is 4.90 Å². The van der Waals surface area contributed by atoms with Crippen LogP contribution in [0.1, 0.15) is 31.7 Å². The SMILES string of the molecule is CCCCn1cc(-c2ccc(OC(F)(F)F)cc2)c2c(CC3CCN(CCOc4ccc(Cl)cc4)CN3)cccc21. The van der Waals surface area contributed by atoms with E-state index < -0.39 is 6.36 Å². The molecule has 0 amide bonds. The zero-order valence-electron chi connectivity index (χ0n) is 23.1. The number of unbranched alkanes of at least 4 members (excludes halogenated alkanes) is 1. The zero-order valence-corrected chi connectivity index (χ0v) is 23.8. The molecular weight excluding hydrogens is 551 g/mol. The first-order valence-corrected chi connectivity index (χ1v) is 14.5. The highest BCUT2D eigenvalue weighted by atomic mass is 35.5. The molecular formula is C32H35ClF3N3O2. The van der Waals surface area contributed by atoms with E-state index in [4.69, 9.17) is 16.3 Å². The van der Waals surface area contributed by atoms with Crippen molar-refractivity contribution in [1.29, 1.82) is 0 Å². The van der Waals surface area contributed by atoms with Crippen molar-refractivity contribution in [2.45, 2.75) is 51.6 Å². The Hall–Kier alpha value is -3.20. The van der Waals surface area contributed by atoms with E-state index in [9.17, 15) is 13.2 Å². The highest BCUT2D eigenvalue weighted by Crippen LogP contribution is 2.36. The number of aromatic nitrogens is 1. The van der Waals surface area contributed by atoms with Crippen LogP contribution in [0.25, 0.3) is 22.0 Å². The van der Waals surface area contributed by atoms with Crippen LogP contribution in [0.15, 0.2) is 72.9 Å². The summed E-state index contributed by atoms with van der Waals surface area (Å²) < 4.78 is 50.3. The topological polar surface area (TPSA) is 38.7 Å². The van der Waals surface area contributed by atoms with Crippen LogP contribution in [0.3, 0.4) is 0 Å². The fraction of sp³-hybridized carbons (Fsp3) is 0.375. The van der Waals surface area contributed by atoms with E-state index in [1.165, 1.54) is 17.7 Å². The molecule has 3 aromatic carbocycles. The Bertz CT molecular complexity index is 1410. The highest BCUT2D eigenvalue weighted by Gasteiger charge is 2.31. The standard InChI is InChI=1S/C32H35ClF3N3O2/c1-2-3-16-39-21-29(23-7-11-28(12-8-23)41-32(34,35)36)31-24(5-4-6-30(31)39)20-26-15-17-38(22-37-26)18-19-40-27-13-9-25(33)10-14-27/h4-14,21,26,37H,2-3,15-20,22H2,1H3. The van der Waals surface area contributed by atoms with Gasteiger partial charge in [0.25, 0.3) is 0 Å². The van der Waals surface area contributed by atoms with E-state index in [0.717, 1.165) is 79.8 Å². The lowest BCUT2D eigenvalue weighted by Crippen LogP contribution is -2.49. The van der Waals surface area contributed by atoms with Gasteiger partial charge in [0, 0.05) is 60.0 Å². The van der Waals surface area contributed by atoms with Crippen molar-refractivity contribution in [2.24, 2.45) is 0 Å². The third-order valence-electron chi connectivity index (χ3n) is 7.50. The first-order chi connectivity index (χ1) is 19.8. The van der Waals surface area contributed by atoms with Crippen LogP contribution in [-0.2, 0) is 13.0 Å². The summed E-state index contributed by atoms with van der Waals surface area (Å²) >= 11 is 5.95. The predicted molar refractivity (Wildman–Crippen MR) is 158 cm³/mol. The van der Waals surface area contributed by atoms with Crippen LogP contribution in [0, 0.1) is 0 Å². The van der Waals surface area contributed by atoms with Gasteiger partial charge in [-0.15, -0.1) is 13.2 Å². The minimum absolute atomic E-state index is 0.217. The lowest BCUT2D eigenvalue weighted by molar-refractivity contribution is -0.274. The Labute approximate surface area is 243 Å². The number of ether oxygens (including phenoxy) is 2. The van der Waals surface area contributed by atoms with Crippen LogP contribution >= 0.6 is 11.6 Å². The molecule has 0 radical (unpaired) electrons. The molecule has 1 fully saturated rings. The fourth-order valence-electron chi connectivity index (χ4n) is 5.40. The minimum Gasteiger partial charge on any atom is -0.492 e. The number of hydrogen-bond donors (Lipinski definition) is 1. The maximum absolute atomic E-state index is 12.7. The van der Waals surface area contributed by atoms with Crippen molar-refractivity contribution in [3.8, 4) is 22.6 Å². The lowest BCUT2D eigenvalue weighted by atomic mass is 9.95. The van der Waals surface area contributed by atoms with E-state index in [-0.39, 0.29) is 5.75 Å². The lowest BCUT2D eigenvalue weighted by Gasteiger charge is -2.33. The van der Waals surface area contributed by atoms with Gasteiger partial charge in [-0.2, -0.15) is 0 Å². The van der Waals surface area contributed by atoms with Crippen LogP contribution < -0.4 is 14.8 Å². The van der Waals surface area contributed by atoms with Gasteiger partial charge in [0.2, 0.25) is 0 Å². The smallest absolute Gasteiger partial charge is 0.492 e. The van der Waals surface area contributed by atoms with Crippen molar-refractivity contribution >= 4 is 22.5 Å². The van der Waals surface area contributed by atoms with Gasteiger partial charge in [-0.05, 0) is 72.9 Å². The predicted octanol–water partition coefficient (Wildman–Crippen LogP) is 7.90. The summed E-state index contributed by atoms with van der Waals surface area (Å²) in [7, 11) is 0. The normalized spacial score (nSPS) is 16.3. The monoisotopic (exact) mass is 585 g/mol. The van der Waals surface area contributed by atoms with Crippen LogP contribution in [0.5, 0.6) is 11.5 Å². The maximum Gasteiger partial charge on any atom is 0.573 e. The number of benzene rings is 3.